The van der Waals surface area contributed by atoms with Crippen LogP contribution in [0.3, 0.4) is 0 Å². The molecule has 0 aliphatic carbocycles. The number of aliphatic carboxylic acids is 1. The molecule has 0 unspecified atom stereocenters. The summed E-state index contributed by atoms with van der Waals surface area (Å²) in [7, 11) is 0. The summed E-state index contributed by atoms with van der Waals surface area (Å²) in [5.74, 6) is -0.602. The van der Waals surface area contributed by atoms with Crippen LogP contribution in [0.25, 0.3) is 11.1 Å². The summed E-state index contributed by atoms with van der Waals surface area (Å²) in [4.78, 5) is 33.0. The van der Waals surface area contributed by atoms with E-state index in [9.17, 15) is 14.7 Å². The summed E-state index contributed by atoms with van der Waals surface area (Å²) in [6.07, 6.45) is 3.28. The van der Waals surface area contributed by atoms with Crippen LogP contribution in [0.4, 0.5) is 15.0 Å². The van der Waals surface area contributed by atoms with Crippen molar-refractivity contribution in [2.45, 2.75) is 38.1 Å². The number of carboxylic acid groups (broad SMARTS) is 1. The van der Waals surface area contributed by atoms with Gasteiger partial charge in [-0.05, 0) is 42.9 Å². The van der Waals surface area contributed by atoms with Gasteiger partial charge in [0.2, 0.25) is 0 Å². The molecule has 192 valence electrons. The Morgan fingerprint density at radius 3 is 2.73 bits per heavy atom. The molecule has 2 amide bonds. The second kappa shape index (κ2) is 11.0. The zero-order valence-electron chi connectivity index (χ0n) is 20.7. The molecule has 7 nitrogen and oxygen atoms in total. The molecule has 8 heteroatoms. The topological polar surface area (TPSA) is 85.8 Å². The Balaban J connectivity index is 1.28. The van der Waals surface area contributed by atoms with E-state index in [0.29, 0.717) is 30.8 Å². The molecule has 2 aliphatic heterocycles. The molecular formula is C29H31FN4O3. The number of rotatable bonds is 9. The van der Waals surface area contributed by atoms with E-state index < -0.39 is 17.8 Å². The number of hydrogen-bond acceptors (Lipinski definition) is 4. The number of carbonyl (C=O) groups excluding carboxylic acids is 1. The summed E-state index contributed by atoms with van der Waals surface area (Å²) >= 11 is 0. The molecule has 37 heavy (non-hydrogen) atoms. The van der Waals surface area contributed by atoms with Gasteiger partial charge in [0.15, 0.2) is 0 Å². The van der Waals surface area contributed by atoms with E-state index >= 15 is 4.39 Å². The number of nitrogens with zero attached hydrogens (tertiary/aromatic N) is 3. The largest absolute Gasteiger partial charge is 0.481 e. The number of carboxylic acids is 1. The normalized spacial score (nSPS) is 15.9. The average Bonchev–Trinajstić information content (AvgIpc) is 3.27. The van der Waals surface area contributed by atoms with Crippen LogP contribution in [-0.2, 0) is 17.6 Å². The van der Waals surface area contributed by atoms with E-state index in [1.165, 1.54) is 10.5 Å². The molecular weight excluding hydrogens is 471 g/mol. The third-order valence-corrected chi connectivity index (χ3v) is 7.16. The fourth-order valence-electron chi connectivity index (χ4n) is 5.26. The second-order valence-electron chi connectivity index (χ2n) is 9.60. The van der Waals surface area contributed by atoms with E-state index in [1.807, 2.05) is 30.3 Å². The Morgan fingerprint density at radius 1 is 1.08 bits per heavy atom. The lowest BCUT2D eigenvalue weighted by Crippen LogP contribution is -2.36. The number of urea groups is 1. The van der Waals surface area contributed by atoms with Crippen LogP contribution in [0.5, 0.6) is 0 Å². The molecule has 0 saturated carbocycles. The third-order valence-electron chi connectivity index (χ3n) is 7.16. The molecule has 2 aromatic carbocycles. The predicted octanol–water partition coefficient (Wildman–Crippen LogP) is 5.13. The first-order valence-electron chi connectivity index (χ1n) is 12.8. The Morgan fingerprint density at radius 2 is 1.92 bits per heavy atom. The molecule has 1 saturated heterocycles. The minimum atomic E-state index is -1.08. The van der Waals surface area contributed by atoms with Gasteiger partial charge < -0.3 is 20.2 Å². The highest BCUT2D eigenvalue weighted by Gasteiger charge is 2.36. The molecule has 0 spiro atoms. The first-order chi connectivity index (χ1) is 18.0. The number of pyridine rings is 1. The molecule has 1 aromatic heterocycles. The zero-order chi connectivity index (χ0) is 25.8. The molecule has 1 fully saturated rings. The minimum Gasteiger partial charge on any atom is -0.481 e. The molecule has 5 rings (SSSR count). The number of aryl methyl sites for hydroxylation is 2. The van der Waals surface area contributed by atoms with Gasteiger partial charge >= 0.3 is 12.0 Å². The Bertz CT molecular complexity index is 1280. The fraction of sp³-hybridized carbons (Fsp3) is 0.345. The van der Waals surface area contributed by atoms with Crippen LogP contribution in [0.2, 0.25) is 0 Å². The number of amides is 2. The van der Waals surface area contributed by atoms with Crippen molar-refractivity contribution in [1.29, 1.82) is 0 Å². The summed E-state index contributed by atoms with van der Waals surface area (Å²) in [5.41, 5.74) is 3.55. The number of halogens is 1. The number of hydrogen-bond donors (Lipinski definition) is 2. The van der Waals surface area contributed by atoms with Gasteiger partial charge in [0.25, 0.3) is 0 Å². The highest BCUT2D eigenvalue weighted by atomic mass is 19.1. The van der Waals surface area contributed by atoms with Gasteiger partial charge in [0, 0.05) is 43.0 Å². The Kier molecular flexibility index (Phi) is 7.35. The summed E-state index contributed by atoms with van der Waals surface area (Å²) in [6, 6.07) is 17.1. The fourth-order valence-corrected chi connectivity index (χ4v) is 5.26. The van der Waals surface area contributed by atoms with Crippen molar-refractivity contribution in [1.82, 2.24) is 14.8 Å². The average molecular weight is 503 g/mol. The Hall–Kier alpha value is -3.94. The summed E-state index contributed by atoms with van der Waals surface area (Å²) in [6.45, 7) is 2.31. The maximum Gasteiger partial charge on any atom is 0.320 e. The quantitative estimate of drug-likeness (QED) is 0.424. The van der Waals surface area contributed by atoms with Crippen molar-refractivity contribution in [3.05, 3.63) is 83.3 Å². The summed E-state index contributed by atoms with van der Waals surface area (Å²) < 4.78 is 15.7. The molecule has 2 aliphatic rings. The number of fused-ring (bicyclic) bond motifs is 1. The van der Waals surface area contributed by atoms with Crippen molar-refractivity contribution in [2.75, 3.05) is 31.5 Å². The third kappa shape index (κ3) is 5.43. The second-order valence-corrected chi connectivity index (χ2v) is 9.60. The van der Waals surface area contributed by atoms with E-state index in [4.69, 9.17) is 4.98 Å². The lowest BCUT2D eigenvalue weighted by atomic mass is 9.96. The lowest BCUT2D eigenvalue weighted by Gasteiger charge is -2.28. The molecule has 3 aromatic rings. The number of carbonyl (C=O) groups is 2. The van der Waals surface area contributed by atoms with Gasteiger partial charge in [0.1, 0.15) is 11.6 Å². The number of benzene rings is 2. The number of aromatic nitrogens is 1. The molecule has 1 atom stereocenters. The lowest BCUT2D eigenvalue weighted by molar-refractivity contribution is -0.138. The van der Waals surface area contributed by atoms with Crippen LogP contribution in [0, 0.1) is 5.82 Å². The minimum absolute atomic E-state index is 0.227. The van der Waals surface area contributed by atoms with Gasteiger partial charge in [-0.15, -0.1) is 0 Å². The van der Waals surface area contributed by atoms with Crippen molar-refractivity contribution in [3.8, 4) is 11.1 Å². The van der Waals surface area contributed by atoms with Gasteiger partial charge in [0.05, 0.1) is 12.5 Å². The van der Waals surface area contributed by atoms with Crippen LogP contribution in [-0.4, -0.2) is 58.1 Å². The molecule has 0 radical (unpaired) electrons. The molecule has 2 N–H and O–H groups in total. The van der Waals surface area contributed by atoms with E-state index in [0.717, 1.165) is 43.7 Å². The molecule has 0 bridgehead atoms. The van der Waals surface area contributed by atoms with Crippen molar-refractivity contribution in [3.63, 3.8) is 0 Å². The highest BCUT2D eigenvalue weighted by Crippen LogP contribution is 2.34. The maximum atomic E-state index is 15.7. The SMILES string of the molecule is O=C(O)C[C@@H](c1cccc(-c2ccccc2)c1F)N1CCN(CCCc2ccc3c(n2)NCCC3)C1=O. The van der Waals surface area contributed by atoms with Crippen LogP contribution < -0.4 is 5.32 Å². The maximum absolute atomic E-state index is 15.7. The van der Waals surface area contributed by atoms with E-state index in [2.05, 4.69) is 17.4 Å². The van der Waals surface area contributed by atoms with Crippen LogP contribution in [0.15, 0.2) is 60.7 Å². The number of nitrogens with one attached hydrogen (secondary N) is 1. The van der Waals surface area contributed by atoms with Crippen molar-refractivity contribution < 1.29 is 19.1 Å². The van der Waals surface area contributed by atoms with Gasteiger partial charge in [-0.1, -0.05) is 54.6 Å². The monoisotopic (exact) mass is 502 g/mol. The standard InChI is InChI=1S/C29H31FN4O3/c30-27-23(20-7-2-1-3-8-20)11-4-12-24(27)25(19-26(35)36)34-18-17-33(29(34)37)16-6-10-22-14-13-21-9-5-15-31-28(21)32-22/h1-4,7-8,11-14,25H,5-6,9-10,15-19H2,(H,31,32)(H,35,36)/t25-/m0/s1. The van der Waals surface area contributed by atoms with Gasteiger partial charge in [-0.3, -0.25) is 4.79 Å². The smallest absolute Gasteiger partial charge is 0.320 e. The molecule has 3 heterocycles. The summed E-state index contributed by atoms with van der Waals surface area (Å²) in [5, 5.41) is 12.9. The van der Waals surface area contributed by atoms with Gasteiger partial charge in [-0.25, -0.2) is 14.2 Å². The zero-order valence-corrected chi connectivity index (χ0v) is 20.7. The van der Waals surface area contributed by atoms with Crippen molar-refractivity contribution >= 4 is 17.8 Å². The van der Waals surface area contributed by atoms with Crippen LogP contribution >= 0.6 is 0 Å². The van der Waals surface area contributed by atoms with E-state index in [-0.39, 0.29) is 18.0 Å². The van der Waals surface area contributed by atoms with Gasteiger partial charge in [-0.2, -0.15) is 0 Å². The van der Waals surface area contributed by atoms with E-state index in [1.54, 1.807) is 23.1 Å². The number of anilines is 1. The predicted molar refractivity (Wildman–Crippen MR) is 140 cm³/mol. The first-order valence-corrected chi connectivity index (χ1v) is 12.8. The Labute approximate surface area is 215 Å². The van der Waals surface area contributed by atoms with Crippen LogP contribution in [0.1, 0.15) is 42.1 Å². The first kappa shape index (κ1) is 24.7. The van der Waals surface area contributed by atoms with Crippen molar-refractivity contribution in [2.24, 2.45) is 0 Å². The highest BCUT2D eigenvalue weighted by molar-refractivity contribution is 5.79.